The number of hydrogen-bond donors (Lipinski definition) is 1. The molecule has 0 amide bonds. The van der Waals surface area contributed by atoms with Gasteiger partial charge in [0.15, 0.2) is 11.5 Å². The predicted octanol–water partition coefficient (Wildman–Crippen LogP) is 2.87. The van der Waals surface area contributed by atoms with Crippen LogP contribution in [0.2, 0.25) is 0 Å². The highest BCUT2D eigenvalue weighted by molar-refractivity contribution is 5.92. The van der Waals surface area contributed by atoms with Gasteiger partial charge in [0.05, 0.1) is 11.2 Å². The molecule has 1 atom stereocenters. The van der Waals surface area contributed by atoms with Gasteiger partial charge in [0.1, 0.15) is 5.69 Å². The van der Waals surface area contributed by atoms with E-state index < -0.39 is 0 Å². The normalized spacial score (nSPS) is 17.9. The minimum atomic E-state index is 0.225. The molecule has 0 aliphatic carbocycles. The number of para-hydroxylation sites is 1. The summed E-state index contributed by atoms with van der Waals surface area (Å²) in [5.74, 6) is 0.757. The van der Waals surface area contributed by atoms with Crippen LogP contribution in [0, 0.1) is 0 Å². The zero-order valence-corrected chi connectivity index (χ0v) is 14.4. The van der Waals surface area contributed by atoms with Crippen LogP contribution in [-0.2, 0) is 0 Å². The monoisotopic (exact) mass is 344 g/mol. The molecule has 130 valence electrons. The highest BCUT2D eigenvalue weighted by atomic mass is 15.3. The Bertz CT molecular complexity index is 1090. The lowest BCUT2D eigenvalue weighted by molar-refractivity contribution is 0.507. The second kappa shape index (κ2) is 6.07. The van der Waals surface area contributed by atoms with Crippen molar-refractivity contribution in [1.29, 1.82) is 0 Å². The van der Waals surface area contributed by atoms with Crippen LogP contribution in [-0.4, -0.2) is 38.7 Å². The molecule has 2 N–H and O–H groups in total. The van der Waals surface area contributed by atoms with Crippen LogP contribution in [0.5, 0.6) is 0 Å². The van der Waals surface area contributed by atoms with Gasteiger partial charge in [-0.1, -0.05) is 24.3 Å². The molecular formula is C20H20N6. The zero-order valence-electron chi connectivity index (χ0n) is 14.4. The average Bonchev–Trinajstić information content (AvgIpc) is 3.11. The van der Waals surface area contributed by atoms with E-state index in [1.165, 1.54) is 0 Å². The second-order valence-corrected chi connectivity index (χ2v) is 6.85. The van der Waals surface area contributed by atoms with Crippen molar-refractivity contribution in [2.75, 3.05) is 18.0 Å². The number of benzene rings is 1. The molecule has 1 unspecified atom stereocenters. The van der Waals surface area contributed by atoms with Crippen LogP contribution >= 0.6 is 0 Å². The molecule has 1 saturated heterocycles. The number of anilines is 1. The Morgan fingerprint density at radius 2 is 1.96 bits per heavy atom. The minimum absolute atomic E-state index is 0.225. The van der Waals surface area contributed by atoms with Crippen molar-refractivity contribution in [3.05, 3.63) is 54.7 Å². The third kappa shape index (κ3) is 2.50. The summed E-state index contributed by atoms with van der Waals surface area (Å²) in [7, 11) is 0. The van der Waals surface area contributed by atoms with Crippen molar-refractivity contribution in [3.8, 4) is 11.5 Å². The Hall–Kier alpha value is -2.99. The van der Waals surface area contributed by atoms with Gasteiger partial charge in [0.25, 0.3) is 0 Å². The maximum Gasteiger partial charge on any atom is 0.187 e. The maximum atomic E-state index is 6.19. The first-order chi connectivity index (χ1) is 12.8. The molecule has 0 saturated carbocycles. The Labute approximate surface area is 151 Å². The Morgan fingerprint density at radius 3 is 2.88 bits per heavy atom. The molecule has 5 rings (SSSR count). The van der Waals surface area contributed by atoms with Crippen molar-refractivity contribution >= 4 is 22.2 Å². The molecule has 4 heterocycles. The zero-order chi connectivity index (χ0) is 17.5. The second-order valence-electron chi connectivity index (χ2n) is 6.85. The molecule has 26 heavy (non-hydrogen) atoms. The first-order valence-electron chi connectivity index (χ1n) is 9.00. The van der Waals surface area contributed by atoms with Crippen molar-refractivity contribution < 1.29 is 0 Å². The van der Waals surface area contributed by atoms with Gasteiger partial charge in [-0.05, 0) is 37.1 Å². The summed E-state index contributed by atoms with van der Waals surface area (Å²) < 4.78 is 1.97. The van der Waals surface area contributed by atoms with Crippen LogP contribution in [0.3, 0.4) is 0 Å². The summed E-state index contributed by atoms with van der Waals surface area (Å²) in [6, 6.07) is 16.5. The number of hydrogen-bond acceptors (Lipinski definition) is 5. The van der Waals surface area contributed by atoms with Gasteiger partial charge >= 0.3 is 0 Å². The standard InChI is InChI=1S/C20H20N6/c21-15-6-4-11-25(13-15)17-7-3-5-14-9-10-16(22-19(14)17)20-24-23-18-8-1-2-12-26(18)20/h1-3,5,7-10,12,15H,4,6,11,13,21H2. The number of pyridine rings is 2. The van der Waals surface area contributed by atoms with E-state index in [9.17, 15) is 0 Å². The molecule has 6 nitrogen and oxygen atoms in total. The van der Waals surface area contributed by atoms with Crippen molar-refractivity contribution in [2.24, 2.45) is 5.73 Å². The molecule has 0 bridgehead atoms. The van der Waals surface area contributed by atoms with Gasteiger partial charge in [-0.15, -0.1) is 10.2 Å². The number of piperidine rings is 1. The van der Waals surface area contributed by atoms with E-state index in [4.69, 9.17) is 10.7 Å². The molecule has 1 aliphatic rings. The lowest BCUT2D eigenvalue weighted by Crippen LogP contribution is -2.42. The van der Waals surface area contributed by atoms with Crippen LogP contribution < -0.4 is 10.6 Å². The Kier molecular flexibility index (Phi) is 3.57. The highest BCUT2D eigenvalue weighted by Crippen LogP contribution is 2.29. The first kappa shape index (κ1) is 15.3. The number of aromatic nitrogens is 4. The smallest absolute Gasteiger partial charge is 0.187 e. The van der Waals surface area contributed by atoms with Gasteiger partial charge in [0, 0.05) is 30.7 Å². The summed E-state index contributed by atoms with van der Waals surface area (Å²) in [6.45, 7) is 1.89. The summed E-state index contributed by atoms with van der Waals surface area (Å²) in [5.41, 5.74) is 9.97. The fraction of sp³-hybridized carbons (Fsp3) is 0.250. The van der Waals surface area contributed by atoms with E-state index in [1.807, 2.05) is 34.9 Å². The molecule has 3 aromatic heterocycles. The largest absolute Gasteiger partial charge is 0.368 e. The van der Waals surface area contributed by atoms with E-state index in [0.29, 0.717) is 0 Å². The predicted molar refractivity (Wildman–Crippen MR) is 103 cm³/mol. The molecule has 6 heteroatoms. The van der Waals surface area contributed by atoms with Crippen LogP contribution in [0.15, 0.2) is 54.7 Å². The lowest BCUT2D eigenvalue weighted by Gasteiger charge is -2.33. The number of nitrogens with two attached hydrogens (primary N) is 1. The summed E-state index contributed by atoms with van der Waals surface area (Å²) in [5, 5.41) is 9.71. The Balaban J connectivity index is 1.66. The van der Waals surface area contributed by atoms with E-state index in [1.54, 1.807) is 0 Å². The van der Waals surface area contributed by atoms with E-state index in [0.717, 1.165) is 59.7 Å². The van der Waals surface area contributed by atoms with E-state index in [2.05, 4.69) is 39.4 Å². The summed E-state index contributed by atoms with van der Waals surface area (Å²) >= 11 is 0. The van der Waals surface area contributed by atoms with Crippen LogP contribution in [0.4, 0.5) is 5.69 Å². The summed E-state index contributed by atoms with van der Waals surface area (Å²) in [4.78, 5) is 7.32. The third-order valence-electron chi connectivity index (χ3n) is 5.04. The van der Waals surface area contributed by atoms with Gasteiger partial charge in [-0.2, -0.15) is 0 Å². The van der Waals surface area contributed by atoms with E-state index in [-0.39, 0.29) is 6.04 Å². The topological polar surface area (TPSA) is 72.3 Å². The number of nitrogens with zero attached hydrogens (tertiary/aromatic N) is 5. The fourth-order valence-corrected chi connectivity index (χ4v) is 3.76. The number of rotatable bonds is 2. The maximum absolute atomic E-state index is 6.19. The molecule has 4 aromatic rings. The molecule has 1 fully saturated rings. The Morgan fingerprint density at radius 1 is 1.00 bits per heavy atom. The lowest BCUT2D eigenvalue weighted by atomic mass is 10.0. The summed E-state index contributed by atoms with van der Waals surface area (Å²) in [6.07, 6.45) is 4.17. The highest BCUT2D eigenvalue weighted by Gasteiger charge is 2.19. The van der Waals surface area contributed by atoms with Crippen molar-refractivity contribution in [2.45, 2.75) is 18.9 Å². The van der Waals surface area contributed by atoms with Gasteiger partial charge in [-0.25, -0.2) is 4.98 Å². The quantitative estimate of drug-likeness (QED) is 0.605. The van der Waals surface area contributed by atoms with Crippen LogP contribution in [0.1, 0.15) is 12.8 Å². The third-order valence-corrected chi connectivity index (χ3v) is 5.04. The fourth-order valence-electron chi connectivity index (χ4n) is 3.76. The van der Waals surface area contributed by atoms with E-state index >= 15 is 0 Å². The average molecular weight is 344 g/mol. The minimum Gasteiger partial charge on any atom is -0.368 e. The van der Waals surface area contributed by atoms with Gasteiger partial charge < -0.3 is 10.6 Å². The molecule has 0 spiro atoms. The molecule has 1 aromatic carbocycles. The van der Waals surface area contributed by atoms with Gasteiger partial charge in [0.2, 0.25) is 0 Å². The van der Waals surface area contributed by atoms with Crippen molar-refractivity contribution in [3.63, 3.8) is 0 Å². The van der Waals surface area contributed by atoms with Crippen molar-refractivity contribution in [1.82, 2.24) is 19.6 Å². The molecule has 1 aliphatic heterocycles. The van der Waals surface area contributed by atoms with Gasteiger partial charge in [-0.3, -0.25) is 4.40 Å². The first-order valence-corrected chi connectivity index (χ1v) is 9.00. The SMILES string of the molecule is NC1CCCN(c2cccc3ccc(-c4nnc5ccccn45)nc23)C1. The van der Waals surface area contributed by atoms with Crippen LogP contribution in [0.25, 0.3) is 28.1 Å². The number of fused-ring (bicyclic) bond motifs is 2. The molecular weight excluding hydrogens is 324 g/mol. The molecule has 0 radical (unpaired) electrons.